The van der Waals surface area contributed by atoms with Crippen LogP contribution in [0.15, 0.2) is 35.1 Å². The summed E-state index contributed by atoms with van der Waals surface area (Å²) < 4.78 is 4.80. The first kappa shape index (κ1) is 12.3. The van der Waals surface area contributed by atoms with Crippen molar-refractivity contribution in [2.45, 2.75) is 20.8 Å². The largest absolute Gasteiger partial charge is 0.504 e. The number of allylic oxidation sites excluding steroid dienone is 5. The molecule has 0 heterocycles. The molecule has 0 aliphatic rings. The van der Waals surface area contributed by atoms with Gasteiger partial charge in [-0.05, 0) is 24.5 Å². The summed E-state index contributed by atoms with van der Waals surface area (Å²) in [5, 5.41) is 0.802. The smallest absolute Gasteiger partial charge is 0.0824 e. The Kier molecular flexibility index (Phi) is 6.43. The summed E-state index contributed by atoms with van der Waals surface area (Å²) in [5.41, 5.74) is 1.12. The van der Waals surface area contributed by atoms with Gasteiger partial charge >= 0.3 is 0 Å². The topological polar surface area (TPSA) is 9.23 Å². The van der Waals surface area contributed by atoms with Gasteiger partial charge in [0.15, 0.2) is 0 Å². The first-order chi connectivity index (χ1) is 6.13. The first-order valence-corrected chi connectivity index (χ1v) is 4.73. The standard InChI is InChI=1S/C11H17ClO/c1-5-11(12)10(9(2)3)7-6-8-13-4/h5-9H,1-4H3/b8-6+,10-7-,11-5+. The average molecular weight is 201 g/mol. The van der Waals surface area contributed by atoms with Gasteiger partial charge in [-0.25, -0.2) is 0 Å². The molecule has 0 saturated heterocycles. The van der Waals surface area contributed by atoms with E-state index in [-0.39, 0.29) is 0 Å². The minimum atomic E-state index is 0.421. The number of hydrogen-bond donors (Lipinski definition) is 0. The Hall–Kier alpha value is -0.690. The Morgan fingerprint density at radius 1 is 1.38 bits per heavy atom. The van der Waals surface area contributed by atoms with Crippen LogP contribution in [-0.4, -0.2) is 7.11 Å². The maximum Gasteiger partial charge on any atom is 0.0824 e. The molecule has 0 bridgehead atoms. The Balaban J connectivity index is 4.61. The molecule has 0 unspecified atom stereocenters. The van der Waals surface area contributed by atoms with Gasteiger partial charge in [0.2, 0.25) is 0 Å². The Morgan fingerprint density at radius 3 is 2.38 bits per heavy atom. The van der Waals surface area contributed by atoms with Gasteiger partial charge in [-0.1, -0.05) is 37.6 Å². The van der Waals surface area contributed by atoms with Crippen molar-refractivity contribution in [1.29, 1.82) is 0 Å². The number of ether oxygens (including phenoxy) is 1. The minimum Gasteiger partial charge on any atom is -0.504 e. The van der Waals surface area contributed by atoms with E-state index < -0.39 is 0 Å². The lowest BCUT2D eigenvalue weighted by Crippen LogP contribution is -1.93. The third-order valence-corrected chi connectivity index (χ3v) is 2.08. The van der Waals surface area contributed by atoms with Gasteiger partial charge < -0.3 is 4.74 Å². The summed E-state index contributed by atoms with van der Waals surface area (Å²) in [5.74, 6) is 0.421. The molecule has 0 aromatic rings. The molecule has 13 heavy (non-hydrogen) atoms. The molecule has 74 valence electrons. The maximum absolute atomic E-state index is 6.02. The van der Waals surface area contributed by atoms with E-state index in [1.807, 2.05) is 25.2 Å². The van der Waals surface area contributed by atoms with E-state index in [1.54, 1.807) is 13.4 Å². The van der Waals surface area contributed by atoms with Crippen LogP contribution in [0.1, 0.15) is 20.8 Å². The Labute approximate surface area is 85.7 Å². The second-order valence-corrected chi connectivity index (χ2v) is 3.38. The van der Waals surface area contributed by atoms with Crippen LogP contribution in [0.4, 0.5) is 0 Å². The van der Waals surface area contributed by atoms with Gasteiger partial charge in [-0.3, -0.25) is 0 Å². The van der Waals surface area contributed by atoms with Crippen molar-refractivity contribution in [3.8, 4) is 0 Å². The van der Waals surface area contributed by atoms with Gasteiger partial charge in [0.05, 0.1) is 13.4 Å². The van der Waals surface area contributed by atoms with Crippen LogP contribution >= 0.6 is 11.6 Å². The fourth-order valence-electron chi connectivity index (χ4n) is 0.936. The molecule has 0 atom stereocenters. The second kappa shape index (κ2) is 6.79. The van der Waals surface area contributed by atoms with Crippen molar-refractivity contribution in [1.82, 2.24) is 0 Å². The van der Waals surface area contributed by atoms with Crippen LogP contribution in [0, 0.1) is 5.92 Å². The highest BCUT2D eigenvalue weighted by molar-refractivity contribution is 6.32. The van der Waals surface area contributed by atoms with Gasteiger partial charge in [0.25, 0.3) is 0 Å². The van der Waals surface area contributed by atoms with Crippen molar-refractivity contribution in [3.05, 3.63) is 35.1 Å². The lowest BCUT2D eigenvalue weighted by Gasteiger charge is -2.08. The molecular weight excluding hydrogens is 184 g/mol. The zero-order chi connectivity index (χ0) is 10.3. The van der Waals surface area contributed by atoms with E-state index >= 15 is 0 Å². The van der Waals surface area contributed by atoms with Gasteiger partial charge in [0, 0.05) is 5.03 Å². The third kappa shape index (κ3) is 4.79. The molecule has 0 aromatic heterocycles. The molecule has 0 aliphatic heterocycles. The van der Waals surface area contributed by atoms with Crippen molar-refractivity contribution in [2.75, 3.05) is 7.11 Å². The van der Waals surface area contributed by atoms with Crippen molar-refractivity contribution < 1.29 is 4.74 Å². The molecule has 0 aliphatic carbocycles. The highest BCUT2D eigenvalue weighted by atomic mass is 35.5. The van der Waals surface area contributed by atoms with Crippen LogP contribution in [0.3, 0.4) is 0 Å². The van der Waals surface area contributed by atoms with Gasteiger partial charge in [-0.15, -0.1) is 0 Å². The molecule has 0 amide bonds. The number of methoxy groups -OCH3 is 1. The number of rotatable bonds is 4. The molecule has 1 nitrogen and oxygen atoms in total. The molecule has 0 N–H and O–H groups in total. The number of hydrogen-bond acceptors (Lipinski definition) is 1. The lowest BCUT2D eigenvalue weighted by atomic mass is 10.0. The molecule has 0 saturated carbocycles. The monoisotopic (exact) mass is 200 g/mol. The first-order valence-electron chi connectivity index (χ1n) is 4.35. The second-order valence-electron chi connectivity index (χ2n) is 2.98. The zero-order valence-corrected chi connectivity index (χ0v) is 9.43. The van der Waals surface area contributed by atoms with E-state index in [2.05, 4.69) is 13.8 Å². The minimum absolute atomic E-state index is 0.421. The maximum atomic E-state index is 6.02. The van der Waals surface area contributed by atoms with Crippen molar-refractivity contribution in [3.63, 3.8) is 0 Å². The zero-order valence-electron chi connectivity index (χ0n) is 8.67. The van der Waals surface area contributed by atoms with Gasteiger partial charge in [0.1, 0.15) is 0 Å². The van der Waals surface area contributed by atoms with Crippen LogP contribution in [0.2, 0.25) is 0 Å². The molecule has 0 aromatic carbocycles. The third-order valence-electron chi connectivity index (χ3n) is 1.64. The molecular formula is C11H17ClO. The molecule has 0 fully saturated rings. The van der Waals surface area contributed by atoms with Crippen molar-refractivity contribution in [2.24, 2.45) is 5.92 Å². The highest BCUT2D eigenvalue weighted by Gasteiger charge is 2.04. The van der Waals surface area contributed by atoms with E-state index in [0.29, 0.717) is 5.92 Å². The number of halogens is 1. The molecule has 2 heteroatoms. The van der Waals surface area contributed by atoms with Crippen LogP contribution in [0.25, 0.3) is 0 Å². The van der Waals surface area contributed by atoms with E-state index in [1.165, 1.54) is 0 Å². The van der Waals surface area contributed by atoms with E-state index in [0.717, 1.165) is 10.6 Å². The summed E-state index contributed by atoms with van der Waals surface area (Å²) in [6, 6.07) is 0. The predicted octanol–water partition coefficient (Wildman–Crippen LogP) is 3.87. The summed E-state index contributed by atoms with van der Waals surface area (Å²) >= 11 is 6.02. The fraction of sp³-hybridized carbons (Fsp3) is 0.455. The Morgan fingerprint density at radius 2 is 2.00 bits per heavy atom. The molecule has 0 radical (unpaired) electrons. The average Bonchev–Trinajstić information content (AvgIpc) is 2.11. The summed E-state index contributed by atoms with van der Waals surface area (Å²) in [6.45, 7) is 6.15. The lowest BCUT2D eigenvalue weighted by molar-refractivity contribution is 0.338. The van der Waals surface area contributed by atoms with Crippen molar-refractivity contribution >= 4 is 11.6 Å². The summed E-state index contributed by atoms with van der Waals surface area (Å²) in [6.07, 6.45) is 7.34. The molecule has 0 rings (SSSR count). The van der Waals surface area contributed by atoms with E-state index in [9.17, 15) is 0 Å². The van der Waals surface area contributed by atoms with E-state index in [4.69, 9.17) is 16.3 Å². The fourth-order valence-corrected chi connectivity index (χ4v) is 1.22. The Bertz CT molecular complexity index is 224. The van der Waals surface area contributed by atoms with Crippen LogP contribution < -0.4 is 0 Å². The van der Waals surface area contributed by atoms with Crippen LogP contribution in [0.5, 0.6) is 0 Å². The molecule has 0 spiro atoms. The quantitative estimate of drug-likeness (QED) is 0.495. The summed E-state index contributed by atoms with van der Waals surface area (Å²) in [4.78, 5) is 0. The normalized spacial score (nSPS) is 14.3. The highest BCUT2D eigenvalue weighted by Crippen LogP contribution is 2.22. The predicted molar refractivity (Wildman–Crippen MR) is 58.7 cm³/mol. The van der Waals surface area contributed by atoms with Gasteiger partial charge in [-0.2, -0.15) is 0 Å². The SMILES string of the molecule is C\C=C(Cl)/C(=C\C=C\OC)C(C)C. The van der Waals surface area contributed by atoms with Crippen LogP contribution in [-0.2, 0) is 4.74 Å². The summed E-state index contributed by atoms with van der Waals surface area (Å²) in [7, 11) is 1.62.